The fourth-order valence-corrected chi connectivity index (χ4v) is 4.37. The molecule has 2 aliphatic carbocycles. The molecule has 25 heavy (non-hydrogen) atoms. The molecule has 0 spiro atoms. The Hall–Kier alpha value is -0.780. The number of rotatable bonds is 2. The summed E-state index contributed by atoms with van der Waals surface area (Å²) in [7, 11) is 0. The lowest BCUT2D eigenvalue weighted by Gasteiger charge is -2.36. The first-order valence-electron chi connectivity index (χ1n) is 11.4. The summed E-state index contributed by atoms with van der Waals surface area (Å²) in [5, 5.41) is 0. The molecule has 0 atom stereocenters. The van der Waals surface area contributed by atoms with E-state index < -0.39 is 0 Å². The molecular weight excluding hydrogens is 300 g/mol. The molecule has 0 heterocycles. The molecule has 0 nitrogen and oxygen atoms in total. The predicted molar refractivity (Wildman–Crippen MR) is 116 cm³/mol. The van der Waals surface area contributed by atoms with E-state index in [4.69, 9.17) is 0 Å². The Bertz CT molecular complexity index is 375. The van der Waals surface area contributed by atoms with Crippen LogP contribution in [0.1, 0.15) is 116 Å². The Labute approximate surface area is 159 Å². The van der Waals surface area contributed by atoms with Crippen molar-refractivity contribution in [2.45, 2.75) is 112 Å². The second kappa shape index (κ2) is 15.5. The molecule has 0 N–H and O–H groups in total. The molecular formula is C25H46. The van der Waals surface area contributed by atoms with E-state index in [0.29, 0.717) is 0 Å². The highest BCUT2D eigenvalue weighted by molar-refractivity contribution is 5.24. The molecule has 0 saturated heterocycles. The van der Waals surface area contributed by atoms with Gasteiger partial charge in [0.25, 0.3) is 0 Å². The van der Waals surface area contributed by atoms with Crippen molar-refractivity contribution < 1.29 is 0 Å². The van der Waals surface area contributed by atoms with Gasteiger partial charge in [-0.1, -0.05) is 103 Å². The Morgan fingerprint density at radius 1 is 0.560 bits per heavy atom. The van der Waals surface area contributed by atoms with Crippen LogP contribution in [-0.2, 0) is 0 Å². The first-order valence-corrected chi connectivity index (χ1v) is 11.4. The van der Waals surface area contributed by atoms with Crippen LogP contribution in [0.5, 0.6) is 0 Å². The van der Waals surface area contributed by atoms with Gasteiger partial charge in [0.2, 0.25) is 0 Å². The highest BCUT2D eigenvalue weighted by Crippen LogP contribution is 2.42. The minimum Gasteiger partial charge on any atom is -0.0683 e. The summed E-state index contributed by atoms with van der Waals surface area (Å²) in [4.78, 5) is 0. The van der Waals surface area contributed by atoms with Crippen LogP contribution >= 0.6 is 0 Å². The van der Waals surface area contributed by atoms with E-state index in [2.05, 4.69) is 31.2 Å². The largest absolute Gasteiger partial charge is 0.0683 e. The second-order valence-corrected chi connectivity index (χ2v) is 6.92. The van der Waals surface area contributed by atoms with Crippen LogP contribution in [-0.4, -0.2) is 0 Å². The van der Waals surface area contributed by atoms with Gasteiger partial charge in [-0.15, -0.1) is 0 Å². The minimum absolute atomic E-state index is 0.848. The molecule has 1 aromatic rings. The van der Waals surface area contributed by atoms with Crippen molar-refractivity contribution in [2.75, 3.05) is 0 Å². The van der Waals surface area contributed by atoms with Gasteiger partial charge in [0.1, 0.15) is 0 Å². The Morgan fingerprint density at radius 3 is 1.48 bits per heavy atom. The maximum atomic E-state index is 2.36. The summed E-state index contributed by atoms with van der Waals surface area (Å²) in [6, 6.07) is 9.28. The third kappa shape index (κ3) is 8.43. The van der Waals surface area contributed by atoms with Crippen LogP contribution in [0.4, 0.5) is 0 Å². The summed E-state index contributed by atoms with van der Waals surface area (Å²) < 4.78 is 0. The molecule has 2 fully saturated rings. The zero-order chi connectivity index (χ0) is 19.1. The normalized spacial score (nSPS) is 23.0. The van der Waals surface area contributed by atoms with Crippen LogP contribution in [0, 0.1) is 18.8 Å². The number of aryl methyl sites for hydroxylation is 1. The van der Waals surface area contributed by atoms with Crippen molar-refractivity contribution >= 4 is 0 Å². The third-order valence-electron chi connectivity index (χ3n) is 5.64. The number of hydrogen-bond donors (Lipinski definition) is 0. The van der Waals surface area contributed by atoms with Crippen LogP contribution in [0.3, 0.4) is 0 Å². The van der Waals surface area contributed by atoms with Crippen molar-refractivity contribution in [3.05, 3.63) is 35.4 Å². The highest BCUT2D eigenvalue weighted by Gasteiger charge is 2.28. The molecule has 1 aromatic carbocycles. The zero-order valence-electron chi connectivity index (χ0n) is 18.4. The molecule has 0 bridgehead atoms. The lowest BCUT2D eigenvalue weighted by molar-refractivity contribution is 0.186. The van der Waals surface area contributed by atoms with E-state index in [1.807, 2.05) is 41.5 Å². The van der Waals surface area contributed by atoms with Crippen molar-refractivity contribution in [2.24, 2.45) is 11.8 Å². The van der Waals surface area contributed by atoms with Gasteiger partial charge in [-0.2, -0.15) is 0 Å². The predicted octanol–water partition coefficient (Wildman–Crippen LogP) is 8.93. The van der Waals surface area contributed by atoms with Gasteiger partial charge in [-0.3, -0.25) is 0 Å². The topological polar surface area (TPSA) is 0 Å². The first kappa shape index (κ1) is 24.2. The lowest BCUT2D eigenvalue weighted by Crippen LogP contribution is -2.23. The standard InChI is InChI=1S/C19H28.3C2H6/c1-15-7-9-17(10-8-15)19-13-11-18(12-14-19)16-5-3-2-4-6-16;3*1-2/h7-10,16,18-19H,2-6,11-14H2,1H3;3*1-2H3. The average molecular weight is 347 g/mol. The van der Waals surface area contributed by atoms with Gasteiger partial charge in [0, 0.05) is 0 Å². The summed E-state index contributed by atoms with van der Waals surface area (Å²) in [6.07, 6.45) is 13.4. The van der Waals surface area contributed by atoms with E-state index >= 15 is 0 Å². The molecule has 0 aromatic heterocycles. The highest BCUT2D eigenvalue weighted by atomic mass is 14.3. The minimum atomic E-state index is 0.848. The van der Waals surface area contributed by atoms with Crippen molar-refractivity contribution in [3.63, 3.8) is 0 Å². The van der Waals surface area contributed by atoms with Gasteiger partial charge in [0.05, 0.1) is 0 Å². The van der Waals surface area contributed by atoms with Gasteiger partial charge >= 0.3 is 0 Å². The summed E-state index contributed by atoms with van der Waals surface area (Å²) in [5.41, 5.74) is 2.98. The molecule has 0 radical (unpaired) electrons. The van der Waals surface area contributed by atoms with Gasteiger partial charge in [0.15, 0.2) is 0 Å². The molecule has 146 valence electrons. The zero-order valence-corrected chi connectivity index (χ0v) is 18.4. The van der Waals surface area contributed by atoms with Crippen LogP contribution in [0.2, 0.25) is 0 Å². The Morgan fingerprint density at radius 2 is 1.00 bits per heavy atom. The first-order chi connectivity index (χ1) is 12.3. The van der Waals surface area contributed by atoms with Gasteiger partial charge in [-0.05, 0) is 55.9 Å². The summed E-state index contributed by atoms with van der Waals surface area (Å²) >= 11 is 0. The molecule has 0 aliphatic heterocycles. The van der Waals surface area contributed by atoms with Gasteiger partial charge < -0.3 is 0 Å². The van der Waals surface area contributed by atoms with E-state index in [9.17, 15) is 0 Å². The van der Waals surface area contributed by atoms with E-state index in [1.165, 1.54) is 63.4 Å². The van der Waals surface area contributed by atoms with E-state index in [-0.39, 0.29) is 0 Å². The molecule has 0 unspecified atom stereocenters. The van der Waals surface area contributed by atoms with E-state index in [0.717, 1.165) is 17.8 Å². The molecule has 2 saturated carbocycles. The van der Waals surface area contributed by atoms with Crippen molar-refractivity contribution in [3.8, 4) is 0 Å². The monoisotopic (exact) mass is 346 g/mol. The third-order valence-corrected chi connectivity index (χ3v) is 5.64. The molecule has 0 heteroatoms. The SMILES string of the molecule is CC.CC.CC.Cc1ccc(C2CCC(C3CCCCC3)CC2)cc1. The van der Waals surface area contributed by atoms with Crippen molar-refractivity contribution in [1.29, 1.82) is 0 Å². The maximum absolute atomic E-state index is 2.36. The van der Waals surface area contributed by atoms with Crippen LogP contribution in [0.15, 0.2) is 24.3 Å². The number of benzene rings is 1. The fraction of sp³-hybridized carbons (Fsp3) is 0.760. The number of hydrogen-bond acceptors (Lipinski definition) is 0. The second-order valence-electron chi connectivity index (χ2n) is 6.92. The fourth-order valence-electron chi connectivity index (χ4n) is 4.37. The van der Waals surface area contributed by atoms with Crippen molar-refractivity contribution in [1.82, 2.24) is 0 Å². The molecule has 2 aliphatic rings. The molecule has 0 amide bonds. The Kier molecular flexibility index (Phi) is 15.0. The summed E-state index contributed by atoms with van der Waals surface area (Å²) in [5.74, 6) is 2.98. The quantitative estimate of drug-likeness (QED) is 0.501. The van der Waals surface area contributed by atoms with Crippen LogP contribution < -0.4 is 0 Å². The maximum Gasteiger partial charge on any atom is -0.0162 e. The average Bonchev–Trinajstić information content (AvgIpc) is 2.74. The Balaban J connectivity index is 0.000000871. The van der Waals surface area contributed by atoms with Gasteiger partial charge in [-0.25, -0.2) is 0 Å². The summed E-state index contributed by atoms with van der Waals surface area (Å²) in [6.45, 7) is 14.2. The van der Waals surface area contributed by atoms with Crippen LogP contribution in [0.25, 0.3) is 0 Å². The molecule has 3 rings (SSSR count). The smallest absolute Gasteiger partial charge is 0.0162 e. The van der Waals surface area contributed by atoms with E-state index in [1.54, 1.807) is 5.56 Å². The lowest BCUT2D eigenvalue weighted by atomic mass is 9.70.